The Kier molecular flexibility index (Phi) is 11.7. The highest BCUT2D eigenvalue weighted by Gasteiger charge is 2.43. The van der Waals surface area contributed by atoms with E-state index in [9.17, 15) is 32.3 Å². The molecular formula is C31H33F3N6O7. The molecule has 47 heavy (non-hydrogen) atoms. The van der Waals surface area contributed by atoms with Crippen molar-refractivity contribution in [2.45, 2.75) is 46.0 Å². The number of hydroxylamine groups is 1. The number of nitrogens with one attached hydrogen (secondary N) is 4. The van der Waals surface area contributed by atoms with E-state index in [0.717, 1.165) is 31.2 Å². The van der Waals surface area contributed by atoms with E-state index in [1.165, 1.54) is 0 Å². The Bertz CT molecular complexity index is 1610. The molecule has 0 aliphatic heterocycles. The summed E-state index contributed by atoms with van der Waals surface area (Å²) in [5.74, 6) is -4.44. The van der Waals surface area contributed by atoms with Crippen LogP contribution in [0, 0.1) is 5.41 Å². The molecule has 0 aliphatic carbocycles. The predicted molar refractivity (Wildman–Crippen MR) is 165 cm³/mol. The first-order valence-electron chi connectivity index (χ1n) is 14.0. The van der Waals surface area contributed by atoms with Gasteiger partial charge in [-0.15, -0.1) is 5.06 Å². The summed E-state index contributed by atoms with van der Waals surface area (Å²) < 4.78 is 49.4. The van der Waals surface area contributed by atoms with Crippen LogP contribution in [0.4, 0.5) is 24.5 Å². The molecule has 13 nitrogen and oxygen atoms in total. The van der Waals surface area contributed by atoms with Crippen molar-refractivity contribution in [2.24, 2.45) is 5.73 Å². The number of nitrogen functional groups attached to an aromatic ring is 1. The van der Waals surface area contributed by atoms with Crippen molar-refractivity contribution in [1.29, 1.82) is 5.41 Å². The summed E-state index contributed by atoms with van der Waals surface area (Å²) in [5.41, 5.74) is 11.2. The molecule has 0 saturated heterocycles. The molecule has 3 rings (SSSR count). The second kappa shape index (κ2) is 15.5. The van der Waals surface area contributed by atoms with Crippen molar-refractivity contribution in [2.75, 3.05) is 17.0 Å². The average Bonchev–Trinajstić information content (AvgIpc) is 3.01. The van der Waals surface area contributed by atoms with E-state index in [1.807, 2.05) is 13.8 Å². The second-order valence-corrected chi connectivity index (χ2v) is 10.1. The number of carbonyl (C=O) groups is 4. The van der Waals surface area contributed by atoms with Crippen molar-refractivity contribution < 1.29 is 46.7 Å². The van der Waals surface area contributed by atoms with Gasteiger partial charge in [0.25, 0.3) is 17.7 Å². The third-order valence-corrected chi connectivity index (χ3v) is 6.09. The number of nitrogens with two attached hydrogens (primary N) is 1. The van der Waals surface area contributed by atoms with Crippen LogP contribution in [0.1, 0.15) is 55.2 Å². The van der Waals surface area contributed by atoms with Crippen LogP contribution in [0.3, 0.4) is 0 Å². The lowest BCUT2D eigenvalue weighted by atomic mass is 10.0. The highest BCUT2D eigenvalue weighted by molar-refractivity contribution is 5.98. The third kappa shape index (κ3) is 9.84. The van der Waals surface area contributed by atoms with Crippen LogP contribution in [-0.4, -0.2) is 48.4 Å². The van der Waals surface area contributed by atoms with Gasteiger partial charge in [-0.2, -0.15) is 13.2 Å². The fraction of sp³-hybridized carbons (Fsp3) is 0.258. The first-order chi connectivity index (χ1) is 22.1. The van der Waals surface area contributed by atoms with Gasteiger partial charge in [0, 0.05) is 23.7 Å². The van der Waals surface area contributed by atoms with Crippen LogP contribution >= 0.6 is 0 Å². The van der Waals surface area contributed by atoms with Crippen LogP contribution < -0.4 is 36.4 Å². The van der Waals surface area contributed by atoms with Gasteiger partial charge in [0.15, 0.2) is 11.5 Å². The number of hydrazine groups is 1. The number of carbonyl (C=O) groups excluding carboxylic acids is 4. The molecular weight excluding hydrogens is 625 g/mol. The molecule has 1 atom stereocenters. The molecule has 0 fully saturated rings. The highest BCUT2D eigenvalue weighted by atomic mass is 19.4. The van der Waals surface area contributed by atoms with Crippen LogP contribution in [-0.2, 0) is 19.2 Å². The van der Waals surface area contributed by atoms with Crippen molar-refractivity contribution >= 4 is 40.9 Å². The van der Waals surface area contributed by atoms with E-state index in [-0.39, 0.29) is 28.3 Å². The number of amidine groups is 1. The maximum Gasteiger partial charge on any atom is 0.493 e. The average molecular weight is 659 g/mol. The van der Waals surface area contributed by atoms with Gasteiger partial charge in [-0.25, -0.2) is 4.79 Å². The van der Waals surface area contributed by atoms with Gasteiger partial charge in [-0.3, -0.25) is 30.6 Å². The Balaban J connectivity index is 1.82. The number of nitrogens with zero attached hydrogens (tertiary/aromatic N) is 1. The van der Waals surface area contributed by atoms with E-state index >= 15 is 0 Å². The number of hydrogen-bond donors (Lipinski definition) is 5. The summed E-state index contributed by atoms with van der Waals surface area (Å²) in [4.78, 5) is 53.5. The molecule has 0 aromatic heterocycles. The fourth-order valence-electron chi connectivity index (χ4n) is 3.98. The lowest BCUT2D eigenvalue weighted by Crippen LogP contribution is -2.45. The molecule has 16 heteroatoms. The zero-order chi connectivity index (χ0) is 34.9. The standard InChI is InChI=1S/C31H33F3N6O7/c1-5-45-25-16-21(10-15-24(25)46-17(2)3)26(37-22-11-6-19(7-12-22)27(35)36)29(43)39-38-28(42)20-8-13-23(14-9-20)40(18(4)41)47-30(44)31(32,33)34/h6-17,26,37H,5H2,1-4H3,(H3,35,36)(H,38,42)(H,39,43). The summed E-state index contributed by atoms with van der Waals surface area (Å²) in [7, 11) is 0. The van der Waals surface area contributed by atoms with Gasteiger partial charge >= 0.3 is 12.1 Å². The molecule has 3 amide bonds. The quantitative estimate of drug-likeness (QED) is 0.115. The first-order valence-corrected chi connectivity index (χ1v) is 14.0. The molecule has 0 aliphatic rings. The van der Waals surface area contributed by atoms with Crippen molar-refractivity contribution in [3.8, 4) is 11.5 Å². The number of benzene rings is 3. The molecule has 0 heterocycles. The van der Waals surface area contributed by atoms with E-state index in [4.69, 9.17) is 20.6 Å². The third-order valence-electron chi connectivity index (χ3n) is 6.09. The Morgan fingerprint density at radius 2 is 1.53 bits per heavy atom. The number of rotatable bonds is 11. The predicted octanol–water partition coefficient (Wildman–Crippen LogP) is 4.14. The molecule has 3 aromatic carbocycles. The Morgan fingerprint density at radius 1 is 0.915 bits per heavy atom. The molecule has 0 saturated carbocycles. The number of anilines is 2. The van der Waals surface area contributed by atoms with Crippen LogP contribution in [0.25, 0.3) is 0 Å². The fourth-order valence-corrected chi connectivity index (χ4v) is 3.98. The van der Waals surface area contributed by atoms with Gasteiger partial charge < -0.3 is 25.4 Å². The largest absolute Gasteiger partial charge is 0.493 e. The Morgan fingerprint density at radius 3 is 2.06 bits per heavy atom. The highest BCUT2D eigenvalue weighted by Crippen LogP contribution is 2.33. The van der Waals surface area contributed by atoms with Gasteiger partial charge in [-0.1, -0.05) is 6.07 Å². The Labute approximate surface area is 267 Å². The van der Waals surface area contributed by atoms with Crippen molar-refractivity contribution in [1.82, 2.24) is 10.9 Å². The van der Waals surface area contributed by atoms with Crippen LogP contribution in [0.2, 0.25) is 0 Å². The topological polar surface area (TPSA) is 185 Å². The van der Waals surface area contributed by atoms with Gasteiger partial charge in [0.1, 0.15) is 11.9 Å². The molecule has 6 N–H and O–H groups in total. The van der Waals surface area contributed by atoms with Crippen molar-refractivity contribution in [3.63, 3.8) is 0 Å². The zero-order valence-corrected chi connectivity index (χ0v) is 25.7. The number of alkyl halides is 3. The van der Waals surface area contributed by atoms with E-state index < -0.39 is 35.9 Å². The normalized spacial score (nSPS) is 11.6. The summed E-state index contributed by atoms with van der Waals surface area (Å²) >= 11 is 0. The molecule has 0 bridgehead atoms. The van der Waals surface area contributed by atoms with E-state index in [0.29, 0.717) is 34.9 Å². The van der Waals surface area contributed by atoms with Gasteiger partial charge in [-0.05, 0) is 87.0 Å². The minimum Gasteiger partial charge on any atom is -0.490 e. The smallest absolute Gasteiger partial charge is 0.490 e. The lowest BCUT2D eigenvalue weighted by Gasteiger charge is -2.22. The van der Waals surface area contributed by atoms with Gasteiger partial charge in [0.2, 0.25) is 0 Å². The van der Waals surface area contributed by atoms with E-state index in [1.54, 1.807) is 49.4 Å². The molecule has 250 valence electrons. The maximum absolute atomic E-state index is 13.5. The molecule has 3 aromatic rings. The summed E-state index contributed by atoms with van der Waals surface area (Å²) in [5, 5.41) is 10.8. The van der Waals surface area contributed by atoms with Crippen LogP contribution in [0.5, 0.6) is 11.5 Å². The monoisotopic (exact) mass is 658 g/mol. The van der Waals surface area contributed by atoms with Crippen LogP contribution in [0.15, 0.2) is 66.7 Å². The molecule has 1 unspecified atom stereocenters. The Hall–Kier alpha value is -5.80. The van der Waals surface area contributed by atoms with Gasteiger partial charge in [0.05, 0.1) is 18.4 Å². The first kappa shape index (κ1) is 35.7. The summed E-state index contributed by atoms with van der Waals surface area (Å²) in [6, 6.07) is 14.7. The SMILES string of the molecule is CCOc1cc(C(Nc2ccc(C(=N)N)cc2)C(=O)NNC(=O)c2ccc(N(OC(=O)C(F)(F)F)C(C)=O)cc2)ccc1OC(C)C. The van der Waals surface area contributed by atoms with E-state index in [2.05, 4.69) is 21.0 Å². The maximum atomic E-state index is 13.5. The second-order valence-electron chi connectivity index (χ2n) is 10.1. The molecule has 0 radical (unpaired) electrons. The van der Waals surface area contributed by atoms with Crippen molar-refractivity contribution in [3.05, 3.63) is 83.4 Å². The minimum atomic E-state index is -5.34. The minimum absolute atomic E-state index is 0.0575. The number of amides is 3. The summed E-state index contributed by atoms with van der Waals surface area (Å²) in [6.07, 6.45) is -5.49. The zero-order valence-electron chi connectivity index (χ0n) is 25.7. The number of ether oxygens (including phenoxy) is 2. The summed E-state index contributed by atoms with van der Waals surface area (Å²) in [6.45, 7) is 6.69. The number of halogens is 3. The lowest BCUT2D eigenvalue weighted by molar-refractivity contribution is -0.201. The number of hydrogen-bond acceptors (Lipinski definition) is 9. The molecule has 0 spiro atoms.